The summed E-state index contributed by atoms with van der Waals surface area (Å²) in [6.45, 7) is 0.142. The Morgan fingerprint density at radius 2 is 1.82 bits per heavy atom. The van der Waals surface area contributed by atoms with Crippen molar-refractivity contribution in [3.05, 3.63) is 35.9 Å². The van der Waals surface area contributed by atoms with E-state index < -0.39 is 18.3 Å². The first-order chi connectivity index (χ1) is 8.15. The number of hydrogen-bond donors (Lipinski definition) is 3. The zero-order valence-electron chi connectivity index (χ0n) is 9.27. The van der Waals surface area contributed by atoms with Crippen molar-refractivity contribution in [3.8, 4) is 0 Å². The van der Waals surface area contributed by atoms with Crippen LogP contribution in [0.3, 0.4) is 0 Å². The summed E-state index contributed by atoms with van der Waals surface area (Å²) in [6.07, 6.45) is -4.24. The minimum absolute atomic E-state index is 0.152. The summed E-state index contributed by atoms with van der Waals surface area (Å²) in [7, 11) is 0. The summed E-state index contributed by atoms with van der Waals surface area (Å²) >= 11 is 0. The molecular weight excluding hydrogens is 224 g/mol. The number of aliphatic hydroxyl groups excluding tert-OH is 3. The van der Waals surface area contributed by atoms with E-state index in [9.17, 15) is 15.0 Å². The van der Waals surface area contributed by atoms with Crippen LogP contribution in [0.25, 0.3) is 0 Å². The van der Waals surface area contributed by atoms with E-state index in [0.717, 1.165) is 5.56 Å². The molecule has 3 N–H and O–H groups in total. The predicted octanol–water partition coefficient (Wildman–Crippen LogP) is -0.515. The minimum Gasteiger partial charge on any atom is -0.388 e. The lowest BCUT2D eigenvalue weighted by Crippen LogP contribution is -2.40. The molecule has 94 valence electrons. The van der Waals surface area contributed by atoms with Crippen LogP contribution in [0.15, 0.2) is 30.3 Å². The Balaban J connectivity index is 2.29. The standard InChI is InChI=1S/C12H16O5/c13-6-10(14)12(16)11(15)8-17-7-9-4-2-1-3-5-9/h1-6,10-12,14-16H,7-8H2/t10-,11?,12+/m1/s1. The van der Waals surface area contributed by atoms with Crippen LogP contribution in [0.5, 0.6) is 0 Å². The highest BCUT2D eigenvalue weighted by Gasteiger charge is 2.24. The van der Waals surface area contributed by atoms with Crippen molar-refractivity contribution in [2.75, 3.05) is 6.61 Å². The summed E-state index contributed by atoms with van der Waals surface area (Å²) < 4.78 is 5.16. The molecule has 1 rings (SSSR count). The minimum atomic E-state index is -1.59. The molecule has 0 bridgehead atoms. The molecule has 0 radical (unpaired) electrons. The number of ether oxygens (including phenoxy) is 1. The second-order valence-electron chi connectivity index (χ2n) is 3.69. The molecule has 0 aliphatic rings. The number of carbonyl (C=O) groups excluding carboxylic acids is 1. The number of hydrogen-bond acceptors (Lipinski definition) is 5. The molecule has 1 aromatic rings. The van der Waals surface area contributed by atoms with Crippen LogP contribution in [0.4, 0.5) is 0 Å². The van der Waals surface area contributed by atoms with Gasteiger partial charge in [0.1, 0.15) is 18.3 Å². The number of rotatable bonds is 7. The van der Waals surface area contributed by atoms with Gasteiger partial charge in [-0.05, 0) is 5.56 Å². The van der Waals surface area contributed by atoms with Crippen molar-refractivity contribution in [1.29, 1.82) is 0 Å². The molecule has 0 aliphatic heterocycles. The van der Waals surface area contributed by atoms with Gasteiger partial charge >= 0.3 is 0 Å². The van der Waals surface area contributed by atoms with Crippen LogP contribution in [0.1, 0.15) is 5.56 Å². The van der Waals surface area contributed by atoms with Crippen LogP contribution in [0.2, 0.25) is 0 Å². The molecule has 0 heterocycles. The van der Waals surface area contributed by atoms with Gasteiger partial charge in [0.25, 0.3) is 0 Å². The summed E-state index contributed by atoms with van der Waals surface area (Å²) in [4.78, 5) is 10.2. The quantitative estimate of drug-likeness (QED) is 0.558. The lowest BCUT2D eigenvalue weighted by atomic mass is 10.1. The van der Waals surface area contributed by atoms with E-state index in [2.05, 4.69) is 0 Å². The molecule has 0 spiro atoms. The van der Waals surface area contributed by atoms with Crippen molar-refractivity contribution in [1.82, 2.24) is 0 Å². The predicted molar refractivity (Wildman–Crippen MR) is 60.2 cm³/mol. The highest BCUT2D eigenvalue weighted by molar-refractivity contribution is 5.56. The molecule has 1 unspecified atom stereocenters. The van der Waals surface area contributed by atoms with Crippen LogP contribution in [0, 0.1) is 0 Å². The molecule has 5 heteroatoms. The van der Waals surface area contributed by atoms with Crippen molar-refractivity contribution in [2.45, 2.75) is 24.9 Å². The fourth-order valence-corrected chi connectivity index (χ4v) is 1.28. The Morgan fingerprint density at radius 1 is 1.18 bits per heavy atom. The number of carbonyl (C=O) groups is 1. The Labute approximate surface area is 99.3 Å². The van der Waals surface area contributed by atoms with E-state index in [0.29, 0.717) is 6.61 Å². The fourth-order valence-electron chi connectivity index (χ4n) is 1.28. The third kappa shape index (κ3) is 4.62. The average molecular weight is 240 g/mol. The Bertz CT molecular complexity index is 327. The Morgan fingerprint density at radius 3 is 2.41 bits per heavy atom. The van der Waals surface area contributed by atoms with Crippen LogP contribution in [-0.2, 0) is 16.1 Å². The van der Waals surface area contributed by atoms with Crippen molar-refractivity contribution in [3.63, 3.8) is 0 Å². The molecule has 0 saturated carbocycles. The van der Waals surface area contributed by atoms with Gasteiger partial charge in [0, 0.05) is 0 Å². The molecule has 0 saturated heterocycles. The zero-order chi connectivity index (χ0) is 12.7. The lowest BCUT2D eigenvalue weighted by Gasteiger charge is -2.19. The van der Waals surface area contributed by atoms with Gasteiger partial charge in [-0.25, -0.2) is 0 Å². The monoisotopic (exact) mass is 240 g/mol. The van der Waals surface area contributed by atoms with Gasteiger partial charge in [0.2, 0.25) is 0 Å². The number of aldehydes is 1. The molecule has 0 aromatic heterocycles. The Hall–Kier alpha value is -1.27. The summed E-state index contributed by atoms with van der Waals surface area (Å²) in [5.41, 5.74) is 0.935. The van der Waals surface area contributed by atoms with Gasteiger partial charge in [-0.1, -0.05) is 30.3 Å². The van der Waals surface area contributed by atoms with E-state index in [1.54, 1.807) is 0 Å². The average Bonchev–Trinajstić information content (AvgIpc) is 2.38. The molecule has 17 heavy (non-hydrogen) atoms. The molecule has 0 aliphatic carbocycles. The first-order valence-corrected chi connectivity index (χ1v) is 5.26. The summed E-state index contributed by atoms with van der Waals surface area (Å²) in [5.74, 6) is 0. The highest BCUT2D eigenvalue weighted by Crippen LogP contribution is 2.03. The van der Waals surface area contributed by atoms with Crippen molar-refractivity contribution >= 4 is 6.29 Å². The number of aliphatic hydroxyl groups is 3. The van der Waals surface area contributed by atoms with E-state index in [1.165, 1.54) is 0 Å². The maximum absolute atomic E-state index is 10.2. The third-order valence-electron chi connectivity index (χ3n) is 2.28. The third-order valence-corrected chi connectivity index (χ3v) is 2.28. The largest absolute Gasteiger partial charge is 0.388 e. The van der Waals surface area contributed by atoms with E-state index in [1.807, 2.05) is 30.3 Å². The smallest absolute Gasteiger partial charge is 0.151 e. The van der Waals surface area contributed by atoms with Crippen LogP contribution < -0.4 is 0 Å². The molecule has 5 nitrogen and oxygen atoms in total. The molecule has 3 atom stereocenters. The fraction of sp³-hybridized carbons (Fsp3) is 0.417. The lowest BCUT2D eigenvalue weighted by molar-refractivity contribution is -0.129. The normalized spacial score (nSPS) is 16.2. The van der Waals surface area contributed by atoms with E-state index in [4.69, 9.17) is 9.84 Å². The molecule has 0 fully saturated rings. The van der Waals surface area contributed by atoms with Gasteiger partial charge in [-0.3, -0.25) is 0 Å². The van der Waals surface area contributed by atoms with Crippen molar-refractivity contribution < 1.29 is 24.9 Å². The van der Waals surface area contributed by atoms with Gasteiger partial charge in [0.05, 0.1) is 13.2 Å². The first kappa shape index (κ1) is 13.8. The molecule has 1 aromatic carbocycles. The maximum atomic E-state index is 10.2. The number of benzene rings is 1. The second kappa shape index (κ2) is 7.13. The highest BCUT2D eigenvalue weighted by atomic mass is 16.5. The molecular formula is C12H16O5. The maximum Gasteiger partial charge on any atom is 0.151 e. The van der Waals surface area contributed by atoms with Gasteiger partial charge in [0.15, 0.2) is 6.29 Å². The van der Waals surface area contributed by atoms with E-state index in [-0.39, 0.29) is 12.9 Å². The summed E-state index contributed by atoms with van der Waals surface area (Å²) in [5, 5.41) is 27.7. The van der Waals surface area contributed by atoms with E-state index >= 15 is 0 Å². The SMILES string of the molecule is O=C[C@@H](O)[C@H](O)C(O)COCc1ccccc1. The van der Waals surface area contributed by atoms with Crippen LogP contribution in [-0.4, -0.2) is 46.5 Å². The van der Waals surface area contributed by atoms with Gasteiger partial charge in [-0.2, -0.15) is 0 Å². The topological polar surface area (TPSA) is 87.0 Å². The molecule has 0 amide bonds. The van der Waals surface area contributed by atoms with Crippen molar-refractivity contribution in [2.24, 2.45) is 0 Å². The van der Waals surface area contributed by atoms with Crippen LogP contribution >= 0.6 is 0 Å². The zero-order valence-corrected chi connectivity index (χ0v) is 9.27. The first-order valence-electron chi connectivity index (χ1n) is 5.26. The Kier molecular flexibility index (Phi) is 5.79. The second-order valence-corrected chi connectivity index (χ2v) is 3.69. The van der Waals surface area contributed by atoms with Gasteiger partial charge in [-0.15, -0.1) is 0 Å². The summed E-state index contributed by atoms with van der Waals surface area (Å²) in [6, 6.07) is 9.33. The van der Waals surface area contributed by atoms with Gasteiger partial charge < -0.3 is 24.9 Å².